The molecule has 4 nitrogen and oxygen atoms in total. The Morgan fingerprint density at radius 2 is 1.83 bits per heavy atom. The molecule has 0 aliphatic rings. The lowest BCUT2D eigenvalue weighted by molar-refractivity contribution is 0.586. The second-order valence-electron chi connectivity index (χ2n) is 5.24. The van der Waals surface area contributed by atoms with Crippen molar-refractivity contribution in [2.24, 2.45) is 4.99 Å². The first-order valence-electron chi connectivity index (χ1n) is 6.00. The fourth-order valence-electron chi connectivity index (χ4n) is 1.53. The SMILES string of the molecule is Cc1c(C=NC(C)(C)C)nnn1-c1ccccc1. The van der Waals surface area contributed by atoms with E-state index in [1.54, 1.807) is 6.21 Å². The third kappa shape index (κ3) is 2.83. The smallest absolute Gasteiger partial charge is 0.127 e. The Morgan fingerprint density at radius 3 is 2.44 bits per heavy atom. The van der Waals surface area contributed by atoms with E-state index < -0.39 is 0 Å². The summed E-state index contributed by atoms with van der Waals surface area (Å²) in [5.41, 5.74) is 2.73. The molecular weight excluding hydrogens is 224 g/mol. The molecule has 0 amide bonds. The highest BCUT2D eigenvalue weighted by Crippen LogP contribution is 2.12. The van der Waals surface area contributed by atoms with E-state index in [0.717, 1.165) is 17.1 Å². The van der Waals surface area contributed by atoms with Crippen LogP contribution in [0.15, 0.2) is 35.3 Å². The maximum Gasteiger partial charge on any atom is 0.127 e. The van der Waals surface area contributed by atoms with Crippen LogP contribution < -0.4 is 0 Å². The van der Waals surface area contributed by atoms with Crippen molar-refractivity contribution in [3.8, 4) is 5.69 Å². The number of benzene rings is 1. The van der Waals surface area contributed by atoms with E-state index in [-0.39, 0.29) is 5.54 Å². The zero-order chi connectivity index (χ0) is 13.2. The van der Waals surface area contributed by atoms with Crippen LogP contribution >= 0.6 is 0 Å². The highest BCUT2D eigenvalue weighted by molar-refractivity contribution is 5.78. The van der Waals surface area contributed by atoms with Crippen molar-refractivity contribution in [1.82, 2.24) is 15.0 Å². The number of para-hydroxylation sites is 1. The number of hydrogen-bond donors (Lipinski definition) is 0. The molecule has 0 atom stereocenters. The fraction of sp³-hybridized carbons (Fsp3) is 0.357. The van der Waals surface area contributed by atoms with E-state index >= 15 is 0 Å². The van der Waals surface area contributed by atoms with Gasteiger partial charge < -0.3 is 0 Å². The van der Waals surface area contributed by atoms with Gasteiger partial charge in [0.2, 0.25) is 0 Å². The molecule has 2 aromatic rings. The highest BCUT2D eigenvalue weighted by Gasteiger charge is 2.10. The van der Waals surface area contributed by atoms with Crippen LogP contribution in [0, 0.1) is 6.92 Å². The Bertz CT molecular complexity index is 547. The molecule has 0 fully saturated rings. The molecule has 1 aromatic carbocycles. The van der Waals surface area contributed by atoms with Gasteiger partial charge in [-0.15, -0.1) is 5.10 Å². The van der Waals surface area contributed by atoms with Crippen LogP contribution in [0.4, 0.5) is 0 Å². The van der Waals surface area contributed by atoms with Gasteiger partial charge in [-0.2, -0.15) is 0 Å². The van der Waals surface area contributed by atoms with Crippen molar-refractivity contribution in [3.63, 3.8) is 0 Å². The molecule has 1 heterocycles. The van der Waals surface area contributed by atoms with Crippen LogP contribution in [0.2, 0.25) is 0 Å². The van der Waals surface area contributed by atoms with Crippen LogP contribution in [-0.2, 0) is 0 Å². The highest BCUT2D eigenvalue weighted by atomic mass is 15.4. The van der Waals surface area contributed by atoms with Gasteiger partial charge in [-0.05, 0) is 39.8 Å². The Labute approximate surface area is 107 Å². The average Bonchev–Trinajstić information content (AvgIpc) is 2.68. The number of nitrogens with zero attached hydrogens (tertiary/aromatic N) is 4. The minimum atomic E-state index is -0.0943. The zero-order valence-corrected chi connectivity index (χ0v) is 11.3. The van der Waals surface area contributed by atoms with Crippen molar-refractivity contribution in [1.29, 1.82) is 0 Å². The molecule has 94 valence electrons. The molecule has 4 heteroatoms. The lowest BCUT2D eigenvalue weighted by Crippen LogP contribution is -2.10. The summed E-state index contributed by atoms with van der Waals surface area (Å²) in [5, 5.41) is 8.32. The van der Waals surface area contributed by atoms with Crippen LogP contribution in [0.25, 0.3) is 5.69 Å². The van der Waals surface area contributed by atoms with Gasteiger partial charge in [-0.3, -0.25) is 4.99 Å². The van der Waals surface area contributed by atoms with E-state index in [1.165, 1.54) is 0 Å². The minimum absolute atomic E-state index is 0.0943. The molecule has 0 bridgehead atoms. The molecule has 0 spiro atoms. The average molecular weight is 242 g/mol. The summed E-state index contributed by atoms with van der Waals surface area (Å²) >= 11 is 0. The van der Waals surface area contributed by atoms with Gasteiger partial charge >= 0.3 is 0 Å². The standard InChI is InChI=1S/C14H18N4/c1-11-13(10-15-14(2,3)4)16-17-18(11)12-8-6-5-7-9-12/h5-10H,1-4H3. The van der Waals surface area contributed by atoms with E-state index in [0.29, 0.717) is 0 Å². The predicted octanol–water partition coefficient (Wildman–Crippen LogP) is 2.79. The Kier molecular flexibility index (Phi) is 3.28. The molecular formula is C14H18N4. The van der Waals surface area contributed by atoms with Crippen LogP contribution in [0.1, 0.15) is 32.2 Å². The summed E-state index contributed by atoms with van der Waals surface area (Å²) < 4.78 is 1.82. The number of hydrogen-bond acceptors (Lipinski definition) is 3. The van der Waals surface area contributed by atoms with Crippen molar-refractivity contribution < 1.29 is 0 Å². The van der Waals surface area contributed by atoms with Crippen LogP contribution in [0.5, 0.6) is 0 Å². The Hall–Kier alpha value is -1.97. The molecule has 2 rings (SSSR count). The molecule has 0 radical (unpaired) electrons. The minimum Gasteiger partial charge on any atom is -0.285 e. The van der Waals surface area contributed by atoms with Crippen molar-refractivity contribution in [2.75, 3.05) is 0 Å². The van der Waals surface area contributed by atoms with Gasteiger partial charge in [-0.25, -0.2) is 4.68 Å². The van der Waals surface area contributed by atoms with Crippen molar-refractivity contribution in [3.05, 3.63) is 41.7 Å². The van der Waals surface area contributed by atoms with Gasteiger partial charge in [0.15, 0.2) is 0 Å². The zero-order valence-electron chi connectivity index (χ0n) is 11.3. The Balaban J connectivity index is 2.33. The monoisotopic (exact) mass is 242 g/mol. The van der Waals surface area contributed by atoms with Crippen molar-refractivity contribution in [2.45, 2.75) is 33.2 Å². The van der Waals surface area contributed by atoms with Gasteiger partial charge in [0, 0.05) is 0 Å². The maximum atomic E-state index is 4.45. The van der Waals surface area contributed by atoms with E-state index in [1.807, 2.05) is 41.9 Å². The fourth-order valence-corrected chi connectivity index (χ4v) is 1.53. The topological polar surface area (TPSA) is 43.1 Å². The van der Waals surface area contributed by atoms with Crippen molar-refractivity contribution >= 4 is 6.21 Å². The molecule has 0 aliphatic heterocycles. The van der Waals surface area contributed by atoms with E-state index in [4.69, 9.17) is 0 Å². The third-order valence-electron chi connectivity index (χ3n) is 2.51. The normalized spacial score (nSPS) is 12.2. The number of aromatic nitrogens is 3. The molecule has 0 aliphatic carbocycles. The first-order valence-corrected chi connectivity index (χ1v) is 6.00. The molecule has 0 unspecified atom stereocenters. The summed E-state index contributed by atoms with van der Waals surface area (Å²) in [6, 6.07) is 9.97. The lowest BCUT2D eigenvalue weighted by atomic mass is 10.1. The first-order chi connectivity index (χ1) is 8.47. The largest absolute Gasteiger partial charge is 0.285 e. The summed E-state index contributed by atoms with van der Waals surface area (Å²) in [4.78, 5) is 4.45. The molecule has 1 aromatic heterocycles. The quantitative estimate of drug-likeness (QED) is 0.760. The number of aliphatic imine (C=N–C) groups is 1. The lowest BCUT2D eigenvalue weighted by Gasteiger charge is -2.10. The molecule has 0 saturated heterocycles. The predicted molar refractivity (Wildman–Crippen MR) is 73.4 cm³/mol. The summed E-state index contributed by atoms with van der Waals surface area (Å²) in [7, 11) is 0. The van der Waals surface area contributed by atoms with Crippen LogP contribution in [0.3, 0.4) is 0 Å². The maximum absolute atomic E-state index is 4.45. The van der Waals surface area contributed by atoms with Gasteiger partial charge in [0.25, 0.3) is 0 Å². The van der Waals surface area contributed by atoms with E-state index in [9.17, 15) is 0 Å². The van der Waals surface area contributed by atoms with Gasteiger partial charge in [0.05, 0.1) is 23.1 Å². The summed E-state index contributed by atoms with van der Waals surface area (Å²) in [6.45, 7) is 8.17. The first kappa shape index (κ1) is 12.5. The summed E-state index contributed by atoms with van der Waals surface area (Å²) in [6.07, 6.45) is 1.79. The second-order valence-corrected chi connectivity index (χ2v) is 5.24. The summed E-state index contributed by atoms with van der Waals surface area (Å²) in [5.74, 6) is 0. The van der Waals surface area contributed by atoms with Gasteiger partial charge in [0.1, 0.15) is 5.69 Å². The molecule has 18 heavy (non-hydrogen) atoms. The van der Waals surface area contributed by atoms with Crippen LogP contribution in [-0.4, -0.2) is 26.7 Å². The van der Waals surface area contributed by atoms with E-state index in [2.05, 4.69) is 36.1 Å². The Morgan fingerprint density at radius 1 is 1.17 bits per heavy atom. The number of rotatable bonds is 2. The second kappa shape index (κ2) is 4.72. The molecule has 0 N–H and O–H groups in total. The molecule has 0 saturated carbocycles. The third-order valence-corrected chi connectivity index (χ3v) is 2.51. The van der Waals surface area contributed by atoms with Gasteiger partial charge in [-0.1, -0.05) is 23.4 Å².